The second kappa shape index (κ2) is 5.21. The topological polar surface area (TPSA) is 89.3 Å². The molecule has 0 saturated heterocycles. The number of halogens is 2. The fourth-order valence-corrected chi connectivity index (χ4v) is 2.55. The lowest BCUT2D eigenvalue weighted by molar-refractivity contribution is -0.0882. The largest absolute Gasteiger partial charge is 0.465 e. The Bertz CT molecular complexity index is 398. The highest BCUT2D eigenvalue weighted by Gasteiger charge is 2.51. The molecule has 1 rings (SSSR count). The molecule has 1 fully saturated rings. The summed E-state index contributed by atoms with van der Waals surface area (Å²) in [5.74, 6) is -3.17. The van der Waals surface area contributed by atoms with Gasteiger partial charge in [-0.2, -0.15) is 0 Å². The minimum atomic E-state index is -3.17. The van der Waals surface area contributed by atoms with Crippen molar-refractivity contribution >= 4 is 6.09 Å². The number of nitrogens with zero attached hydrogens (tertiary/aromatic N) is 4. The van der Waals surface area contributed by atoms with Gasteiger partial charge in [0.25, 0.3) is 5.92 Å². The zero-order valence-corrected chi connectivity index (χ0v) is 11.2. The Morgan fingerprint density at radius 1 is 1.53 bits per heavy atom. The van der Waals surface area contributed by atoms with Crippen molar-refractivity contribution in [1.29, 1.82) is 0 Å². The molecule has 1 aliphatic rings. The normalized spacial score (nSPS) is 26.4. The monoisotopic (exact) mass is 276 g/mol. The molecule has 6 nitrogen and oxygen atoms in total. The Hall–Kier alpha value is -1.56. The van der Waals surface area contributed by atoms with Gasteiger partial charge >= 0.3 is 6.09 Å². The molecule has 1 saturated carbocycles. The van der Waals surface area contributed by atoms with E-state index in [2.05, 4.69) is 10.0 Å². The summed E-state index contributed by atoms with van der Waals surface area (Å²) < 4.78 is 27.7. The summed E-state index contributed by atoms with van der Waals surface area (Å²) in [4.78, 5) is 14.8. The molecule has 0 bridgehead atoms. The molecule has 1 N–H and O–H groups in total. The second-order valence-electron chi connectivity index (χ2n) is 5.69. The van der Waals surface area contributed by atoms with Gasteiger partial charge in [-0.1, -0.05) is 5.11 Å². The zero-order chi connectivity index (χ0) is 14.8. The van der Waals surface area contributed by atoms with E-state index in [0.29, 0.717) is 0 Å². The van der Waals surface area contributed by atoms with Crippen LogP contribution in [0.4, 0.5) is 13.6 Å². The summed E-state index contributed by atoms with van der Waals surface area (Å²) in [6.45, 7) is 4.88. The van der Waals surface area contributed by atoms with E-state index in [-0.39, 0.29) is 19.3 Å². The third-order valence-corrected chi connectivity index (χ3v) is 3.24. The van der Waals surface area contributed by atoms with Gasteiger partial charge in [-0.15, -0.1) is 0 Å². The molecule has 2 atom stereocenters. The van der Waals surface area contributed by atoms with E-state index in [1.165, 1.54) is 0 Å². The molecule has 0 aromatic heterocycles. The minimum absolute atomic E-state index is 0.203. The summed E-state index contributed by atoms with van der Waals surface area (Å²) in [6, 6.07) is -2.65. The first-order valence-corrected chi connectivity index (χ1v) is 6.05. The number of alkyl halides is 2. The van der Waals surface area contributed by atoms with Crippen molar-refractivity contribution in [1.82, 2.24) is 4.90 Å². The molecule has 0 aliphatic heterocycles. The summed E-state index contributed by atoms with van der Waals surface area (Å²) in [7, 11) is 0. The SMILES string of the molecule is CC(C)(C)N(C(=O)O)[C@@H]1CCCC(F)(F)C1N=[N+]=[N-]. The highest BCUT2D eigenvalue weighted by molar-refractivity contribution is 5.66. The van der Waals surface area contributed by atoms with Crippen molar-refractivity contribution in [3.63, 3.8) is 0 Å². The van der Waals surface area contributed by atoms with Crippen LogP contribution in [-0.4, -0.2) is 39.6 Å². The van der Waals surface area contributed by atoms with E-state index < -0.39 is 29.6 Å². The van der Waals surface area contributed by atoms with Crippen molar-refractivity contribution in [2.24, 2.45) is 5.11 Å². The third-order valence-electron chi connectivity index (χ3n) is 3.24. The van der Waals surface area contributed by atoms with Gasteiger partial charge < -0.3 is 5.11 Å². The fourth-order valence-electron chi connectivity index (χ4n) is 2.55. The molecule has 8 heteroatoms. The lowest BCUT2D eigenvalue weighted by Gasteiger charge is -2.46. The Labute approximate surface area is 110 Å². The van der Waals surface area contributed by atoms with Crippen molar-refractivity contribution in [2.75, 3.05) is 0 Å². The highest BCUT2D eigenvalue weighted by Crippen LogP contribution is 2.39. The molecule has 0 aromatic rings. The van der Waals surface area contributed by atoms with E-state index in [9.17, 15) is 18.7 Å². The van der Waals surface area contributed by atoms with Crippen LogP contribution in [0, 0.1) is 0 Å². The lowest BCUT2D eigenvalue weighted by atomic mass is 9.84. The molecule has 0 heterocycles. The van der Waals surface area contributed by atoms with Crippen LogP contribution in [0.2, 0.25) is 0 Å². The van der Waals surface area contributed by atoms with Crippen LogP contribution >= 0.6 is 0 Å². The predicted octanol–water partition coefficient (Wildman–Crippen LogP) is 3.63. The zero-order valence-electron chi connectivity index (χ0n) is 11.2. The molecule has 0 aromatic carbocycles. The van der Waals surface area contributed by atoms with E-state index in [4.69, 9.17) is 5.53 Å². The molecule has 1 amide bonds. The van der Waals surface area contributed by atoms with E-state index in [1.54, 1.807) is 20.8 Å². The van der Waals surface area contributed by atoms with Crippen LogP contribution in [0.15, 0.2) is 5.11 Å². The minimum Gasteiger partial charge on any atom is -0.465 e. The highest BCUT2D eigenvalue weighted by atomic mass is 19.3. The van der Waals surface area contributed by atoms with Crippen LogP contribution in [0.25, 0.3) is 10.4 Å². The average Bonchev–Trinajstić information content (AvgIpc) is 2.20. The number of rotatable bonds is 2. The van der Waals surface area contributed by atoms with E-state index >= 15 is 0 Å². The first-order chi connectivity index (χ1) is 8.61. The van der Waals surface area contributed by atoms with Crippen molar-refractivity contribution in [2.45, 2.75) is 63.6 Å². The fraction of sp³-hybridized carbons (Fsp3) is 0.909. The van der Waals surface area contributed by atoms with Crippen molar-refractivity contribution < 1.29 is 18.7 Å². The van der Waals surface area contributed by atoms with Gasteiger partial charge in [-0.05, 0) is 39.1 Å². The number of hydrogen-bond acceptors (Lipinski definition) is 2. The van der Waals surface area contributed by atoms with Crippen LogP contribution in [0.5, 0.6) is 0 Å². The van der Waals surface area contributed by atoms with Gasteiger partial charge in [0.05, 0.1) is 0 Å². The second-order valence-corrected chi connectivity index (χ2v) is 5.69. The van der Waals surface area contributed by atoms with Gasteiger partial charge in [0.15, 0.2) is 0 Å². The smallest absolute Gasteiger partial charge is 0.407 e. The molecule has 1 unspecified atom stereocenters. The molecule has 0 spiro atoms. The number of hydrogen-bond donors (Lipinski definition) is 1. The summed E-state index contributed by atoms with van der Waals surface area (Å²) >= 11 is 0. The maximum Gasteiger partial charge on any atom is 0.407 e. The quantitative estimate of drug-likeness (QED) is 0.474. The molecule has 19 heavy (non-hydrogen) atoms. The number of carboxylic acid groups (broad SMARTS) is 1. The Morgan fingerprint density at radius 3 is 2.53 bits per heavy atom. The van der Waals surface area contributed by atoms with E-state index in [1.807, 2.05) is 0 Å². The van der Waals surface area contributed by atoms with Gasteiger partial charge in [-0.25, -0.2) is 13.6 Å². The maximum absolute atomic E-state index is 13.8. The molecule has 108 valence electrons. The first kappa shape index (κ1) is 15.5. The Morgan fingerprint density at radius 2 is 2.11 bits per heavy atom. The van der Waals surface area contributed by atoms with Gasteiger partial charge in [0.1, 0.15) is 6.04 Å². The van der Waals surface area contributed by atoms with E-state index in [0.717, 1.165) is 4.90 Å². The van der Waals surface area contributed by atoms with Crippen LogP contribution < -0.4 is 0 Å². The molecule has 0 radical (unpaired) electrons. The lowest BCUT2D eigenvalue weighted by Crippen LogP contribution is -2.60. The van der Waals surface area contributed by atoms with Crippen LogP contribution in [0.1, 0.15) is 40.0 Å². The summed E-state index contributed by atoms with van der Waals surface area (Å²) in [5, 5.41) is 12.4. The number of carbonyl (C=O) groups is 1. The van der Waals surface area contributed by atoms with Crippen molar-refractivity contribution in [3.05, 3.63) is 10.4 Å². The Balaban J connectivity index is 3.19. The first-order valence-electron chi connectivity index (χ1n) is 6.05. The number of azide groups is 1. The summed E-state index contributed by atoms with van der Waals surface area (Å²) in [5.41, 5.74) is 7.61. The standard InChI is InChI=1S/C11H18F2N4O2/c1-10(2,3)17(9(18)19)7-5-4-6-11(12,13)8(7)15-16-14/h7-8H,4-6H2,1-3H3,(H,18,19)/t7-,8?/m1/s1. The Kier molecular flexibility index (Phi) is 4.25. The number of amides is 1. The average molecular weight is 276 g/mol. The van der Waals surface area contributed by atoms with Crippen molar-refractivity contribution in [3.8, 4) is 0 Å². The maximum atomic E-state index is 13.8. The van der Waals surface area contributed by atoms with Crippen LogP contribution in [-0.2, 0) is 0 Å². The van der Waals surface area contributed by atoms with Crippen LogP contribution in [0.3, 0.4) is 0 Å². The van der Waals surface area contributed by atoms with Gasteiger partial charge in [-0.3, -0.25) is 4.90 Å². The van der Waals surface area contributed by atoms with Gasteiger partial charge in [0.2, 0.25) is 0 Å². The molecule has 1 aliphatic carbocycles. The molecular weight excluding hydrogens is 258 g/mol. The predicted molar refractivity (Wildman–Crippen MR) is 65.1 cm³/mol. The third kappa shape index (κ3) is 3.26. The molecular formula is C11H18F2N4O2. The van der Waals surface area contributed by atoms with Gasteiger partial charge in [0, 0.05) is 22.9 Å². The summed E-state index contributed by atoms with van der Waals surface area (Å²) in [6.07, 6.45) is -1.20.